The van der Waals surface area contributed by atoms with Gasteiger partial charge in [-0.2, -0.15) is 0 Å². The normalized spacial score (nSPS) is 28.4. The molecule has 0 saturated heterocycles. The zero-order chi connectivity index (χ0) is 11.8. The molecule has 0 saturated carbocycles. The van der Waals surface area contributed by atoms with E-state index in [2.05, 4.69) is 13.8 Å². The molecule has 0 radical (unpaired) electrons. The lowest BCUT2D eigenvalue weighted by Gasteiger charge is -2.38. The van der Waals surface area contributed by atoms with Crippen molar-refractivity contribution in [2.75, 3.05) is 0 Å². The molecule has 2 unspecified atom stereocenters. The first-order valence-corrected chi connectivity index (χ1v) is 6.08. The van der Waals surface area contributed by atoms with E-state index in [4.69, 9.17) is 16.3 Å². The molecule has 0 bridgehead atoms. The minimum absolute atomic E-state index is 0.255. The second kappa shape index (κ2) is 4.27. The number of ether oxygens (including phenoxy) is 1. The summed E-state index contributed by atoms with van der Waals surface area (Å²) < 4.78 is 5.97. The van der Waals surface area contributed by atoms with Gasteiger partial charge in [0.25, 0.3) is 0 Å². The van der Waals surface area contributed by atoms with Crippen molar-refractivity contribution in [3.05, 3.63) is 28.8 Å². The third-order valence-corrected chi connectivity index (χ3v) is 3.33. The fraction of sp³-hybridized carbons (Fsp3) is 0.538. The smallest absolute Gasteiger partial charge is 0.126 e. The molecule has 0 aliphatic carbocycles. The van der Waals surface area contributed by atoms with E-state index in [9.17, 15) is 5.11 Å². The average molecular weight is 241 g/mol. The predicted octanol–water partition coefficient (Wildman–Crippen LogP) is 3.71. The monoisotopic (exact) mass is 240 g/mol. The fourth-order valence-corrected chi connectivity index (χ4v) is 2.56. The number of aliphatic hydroxyl groups excluding tert-OH is 1. The highest BCUT2D eigenvalue weighted by Gasteiger charge is 2.35. The summed E-state index contributed by atoms with van der Waals surface area (Å²) in [6, 6.07) is 5.42. The summed E-state index contributed by atoms with van der Waals surface area (Å²) in [7, 11) is 0. The standard InChI is InChI=1S/C13H17ClO2/c1-3-6-13(2)8-11(15)10-7-9(14)4-5-12(10)16-13/h4-5,7,11,15H,3,6,8H2,1-2H3. The third-order valence-electron chi connectivity index (χ3n) is 3.09. The Morgan fingerprint density at radius 3 is 3.00 bits per heavy atom. The lowest BCUT2D eigenvalue weighted by molar-refractivity contribution is -0.00731. The second-order valence-electron chi connectivity index (χ2n) is 4.70. The molecule has 1 N–H and O–H groups in total. The van der Waals surface area contributed by atoms with Crippen LogP contribution in [-0.2, 0) is 0 Å². The Labute approximate surface area is 101 Å². The molecule has 2 rings (SSSR count). The zero-order valence-corrected chi connectivity index (χ0v) is 10.4. The molecule has 2 nitrogen and oxygen atoms in total. The molecule has 1 aromatic rings. The summed E-state index contributed by atoms with van der Waals surface area (Å²) in [5.74, 6) is 0.763. The lowest BCUT2D eigenvalue weighted by Crippen LogP contribution is -2.37. The van der Waals surface area contributed by atoms with Crippen LogP contribution in [0.3, 0.4) is 0 Å². The van der Waals surface area contributed by atoms with Crippen molar-refractivity contribution in [2.45, 2.75) is 44.8 Å². The van der Waals surface area contributed by atoms with Crippen LogP contribution in [0, 0.1) is 0 Å². The van der Waals surface area contributed by atoms with Crippen molar-refractivity contribution in [3.63, 3.8) is 0 Å². The average Bonchev–Trinajstić information content (AvgIpc) is 2.19. The third kappa shape index (κ3) is 2.18. The van der Waals surface area contributed by atoms with Crippen molar-refractivity contribution in [1.82, 2.24) is 0 Å². The van der Waals surface area contributed by atoms with Crippen molar-refractivity contribution in [1.29, 1.82) is 0 Å². The molecular weight excluding hydrogens is 224 g/mol. The summed E-state index contributed by atoms with van der Waals surface area (Å²) in [4.78, 5) is 0. The summed E-state index contributed by atoms with van der Waals surface area (Å²) in [5.41, 5.74) is 0.552. The largest absolute Gasteiger partial charge is 0.487 e. The first-order valence-electron chi connectivity index (χ1n) is 5.70. The van der Waals surface area contributed by atoms with Gasteiger partial charge in [0, 0.05) is 17.0 Å². The van der Waals surface area contributed by atoms with Gasteiger partial charge in [0.05, 0.1) is 6.10 Å². The lowest BCUT2D eigenvalue weighted by atomic mass is 9.87. The molecule has 2 atom stereocenters. The Balaban J connectivity index is 2.33. The maximum atomic E-state index is 10.1. The van der Waals surface area contributed by atoms with Gasteiger partial charge in [-0.3, -0.25) is 0 Å². The van der Waals surface area contributed by atoms with Crippen molar-refractivity contribution in [2.24, 2.45) is 0 Å². The highest BCUT2D eigenvalue weighted by atomic mass is 35.5. The number of rotatable bonds is 2. The summed E-state index contributed by atoms with van der Waals surface area (Å²) in [5, 5.41) is 10.7. The van der Waals surface area contributed by atoms with Crippen LogP contribution in [0.4, 0.5) is 0 Å². The van der Waals surface area contributed by atoms with Crippen LogP contribution in [0.2, 0.25) is 5.02 Å². The topological polar surface area (TPSA) is 29.5 Å². The number of benzene rings is 1. The van der Waals surface area contributed by atoms with Gasteiger partial charge in [-0.15, -0.1) is 0 Å². The molecule has 3 heteroatoms. The van der Waals surface area contributed by atoms with Gasteiger partial charge in [0.1, 0.15) is 11.4 Å². The molecule has 88 valence electrons. The van der Waals surface area contributed by atoms with Crippen LogP contribution in [0.1, 0.15) is 44.8 Å². The quantitative estimate of drug-likeness (QED) is 0.854. The first kappa shape index (κ1) is 11.7. The van der Waals surface area contributed by atoms with Gasteiger partial charge in [-0.25, -0.2) is 0 Å². The van der Waals surface area contributed by atoms with Crippen LogP contribution >= 0.6 is 11.6 Å². The van der Waals surface area contributed by atoms with Crippen LogP contribution < -0.4 is 4.74 Å². The summed E-state index contributed by atoms with van der Waals surface area (Å²) in [6.45, 7) is 4.18. The number of halogens is 1. The van der Waals surface area contributed by atoms with Crippen LogP contribution in [0.15, 0.2) is 18.2 Å². The zero-order valence-electron chi connectivity index (χ0n) is 9.66. The first-order chi connectivity index (χ1) is 7.54. The van der Waals surface area contributed by atoms with Gasteiger partial charge >= 0.3 is 0 Å². The molecule has 0 amide bonds. The molecule has 0 fully saturated rings. The molecular formula is C13H17ClO2. The van der Waals surface area contributed by atoms with Gasteiger partial charge in [0.15, 0.2) is 0 Å². The van der Waals surface area contributed by atoms with Gasteiger partial charge < -0.3 is 9.84 Å². The van der Waals surface area contributed by atoms with Crippen molar-refractivity contribution >= 4 is 11.6 Å². The van der Waals surface area contributed by atoms with Crippen LogP contribution in [0.25, 0.3) is 0 Å². The highest BCUT2D eigenvalue weighted by Crippen LogP contribution is 2.42. The number of hydrogen-bond acceptors (Lipinski definition) is 2. The number of aliphatic hydroxyl groups is 1. The Kier molecular flexibility index (Phi) is 3.13. The predicted molar refractivity (Wildman–Crippen MR) is 65.0 cm³/mol. The van der Waals surface area contributed by atoms with Crippen molar-refractivity contribution in [3.8, 4) is 5.75 Å². The van der Waals surface area contributed by atoms with Gasteiger partial charge in [-0.1, -0.05) is 24.9 Å². The maximum Gasteiger partial charge on any atom is 0.126 e. The van der Waals surface area contributed by atoms with Crippen LogP contribution in [0.5, 0.6) is 5.75 Å². The van der Waals surface area contributed by atoms with E-state index in [1.54, 1.807) is 12.1 Å². The maximum absolute atomic E-state index is 10.1. The molecule has 1 aliphatic rings. The highest BCUT2D eigenvalue weighted by molar-refractivity contribution is 6.30. The Bertz CT molecular complexity index is 392. The SMILES string of the molecule is CCCC1(C)CC(O)c2cc(Cl)ccc2O1. The van der Waals surface area contributed by atoms with E-state index in [1.807, 2.05) is 6.07 Å². The minimum atomic E-state index is -0.473. The number of hydrogen-bond donors (Lipinski definition) is 1. The molecule has 1 aromatic carbocycles. The fourth-order valence-electron chi connectivity index (χ4n) is 2.38. The van der Waals surface area contributed by atoms with Crippen molar-refractivity contribution < 1.29 is 9.84 Å². The second-order valence-corrected chi connectivity index (χ2v) is 5.14. The summed E-state index contributed by atoms with van der Waals surface area (Å²) in [6.07, 6.45) is 2.16. The van der Waals surface area contributed by atoms with Gasteiger partial charge in [-0.05, 0) is 31.5 Å². The van der Waals surface area contributed by atoms with E-state index in [0.29, 0.717) is 11.4 Å². The summed E-state index contributed by atoms with van der Waals surface area (Å²) >= 11 is 5.91. The molecule has 16 heavy (non-hydrogen) atoms. The molecule has 1 heterocycles. The van der Waals surface area contributed by atoms with E-state index < -0.39 is 6.10 Å². The van der Waals surface area contributed by atoms with E-state index in [-0.39, 0.29) is 5.60 Å². The van der Waals surface area contributed by atoms with E-state index in [1.165, 1.54) is 0 Å². The minimum Gasteiger partial charge on any atom is -0.487 e. The molecule has 0 aromatic heterocycles. The Morgan fingerprint density at radius 2 is 2.31 bits per heavy atom. The number of fused-ring (bicyclic) bond motifs is 1. The Morgan fingerprint density at radius 1 is 1.56 bits per heavy atom. The Hall–Kier alpha value is -0.730. The van der Waals surface area contributed by atoms with E-state index in [0.717, 1.165) is 24.2 Å². The van der Waals surface area contributed by atoms with Gasteiger partial charge in [0.2, 0.25) is 0 Å². The molecule has 0 spiro atoms. The van der Waals surface area contributed by atoms with Crippen LogP contribution in [-0.4, -0.2) is 10.7 Å². The molecule has 1 aliphatic heterocycles. The van der Waals surface area contributed by atoms with E-state index >= 15 is 0 Å².